The fourth-order valence-corrected chi connectivity index (χ4v) is 2.18. The number of furan rings is 1. The van der Waals surface area contributed by atoms with E-state index in [1.807, 2.05) is 19.1 Å². The summed E-state index contributed by atoms with van der Waals surface area (Å²) < 4.78 is 18.1. The Labute approximate surface area is 96.7 Å². The van der Waals surface area contributed by atoms with Crippen LogP contribution < -0.4 is 0 Å². The van der Waals surface area contributed by atoms with Crippen LogP contribution in [-0.2, 0) is 0 Å². The quantitative estimate of drug-likeness (QED) is 0.792. The number of hydrogen-bond acceptors (Lipinski definition) is 3. The zero-order valence-electron chi connectivity index (χ0n) is 8.53. The molecule has 2 aromatic rings. The Morgan fingerprint density at radius 1 is 1.31 bits per heavy atom. The number of nitriles is 1. The summed E-state index contributed by atoms with van der Waals surface area (Å²) in [5.41, 5.74) is 0.339. The Balaban J connectivity index is 2.36. The molecule has 0 radical (unpaired) electrons. The molecule has 2 nitrogen and oxygen atoms in total. The minimum Gasteiger partial charge on any atom is -0.468 e. The molecule has 0 aliphatic heterocycles. The fraction of sp³-hybridized carbons (Fsp3) is 0.0833. The highest BCUT2D eigenvalue weighted by Gasteiger charge is 2.08. The molecule has 0 saturated heterocycles. The predicted octanol–water partition coefficient (Wildman–Crippen LogP) is 3.75. The van der Waals surface area contributed by atoms with E-state index < -0.39 is 5.82 Å². The van der Waals surface area contributed by atoms with Gasteiger partial charge in [-0.15, -0.1) is 0 Å². The van der Waals surface area contributed by atoms with Crippen LogP contribution in [0.25, 0.3) is 0 Å². The van der Waals surface area contributed by atoms with Gasteiger partial charge in [-0.3, -0.25) is 0 Å². The second-order valence-electron chi connectivity index (χ2n) is 3.20. The Kier molecular flexibility index (Phi) is 2.97. The Morgan fingerprint density at radius 3 is 2.75 bits per heavy atom. The lowest BCUT2D eigenvalue weighted by atomic mass is 10.2. The van der Waals surface area contributed by atoms with Crippen LogP contribution in [0.15, 0.2) is 44.7 Å². The molecule has 0 saturated carbocycles. The van der Waals surface area contributed by atoms with Crippen molar-refractivity contribution in [2.75, 3.05) is 0 Å². The van der Waals surface area contributed by atoms with Crippen molar-refractivity contribution in [2.45, 2.75) is 16.7 Å². The number of halogens is 1. The maximum absolute atomic E-state index is 12.9. The summed E-state index contributed by atoms with van der Waals surface area (Å²) in [6, 6.07) is 7.98. The van der Waals surface area contributed by atoms with Crippen LogP contribution in [0, 0.1) is 24.1 Å². The van der Waals surface area contributed by atoms with Crippen LogP contribution in [0.2, 0.25) is 0 Å². The zero-order valence-corrected chi connectivity index (χ0v) is 9.34. The van der Waals surface area contributed by atoms with Gasteiger partial charge in [-0.1, -0.05) is 11.8 Å². The summed E-state index contributed by atoms with van der Waals surface area (Å²) >= 11 is 1.40. The van der Waals surface area contributed by atoms with Gasteiger partial charge in [0, 0.05) is 4.90 Å². The van der Waals surface area contributed by atoms with Crippen molar-refractivity contribution in [2.24, 2.45) is 0 Å². The van der Waals surface area contributed by atoms with Crippen molar-refractivity contribution in [1.82, 2.24) is 0 Å². The second kappa shape index (κ2) is 4.42. The Bertz CT molecular complexity index is 556. The molecule has 0 atom stereocenters. The van der Waals surface area contributed by atoms with Crippen molar-refractivity contribution < 1.29 is 8.81 Å². The minimum atomic E-state index is -0.398. The van der Waals surface area contributed by atoms with E-state index in [9.17, 15) is 4.39 Å². The van der Waals surface area contributed by atoms with Gasteiger partial charge in [-0.25, -0.2) is 4.39 Å². The maximum atomic E-state index is 12.9. The van der Waals surface area contributed by atoms with Gasteiger partial charge in [0.2, 0.25) is 0 Å². The number of aryl methyl sites for hydroxylation is 1. The van der Waals surface area contributed by atoms with Gasteiger partial charge in [0.05, 0.1) is 16.7 Å². The molecule has 0 unspecified atom stereocenters. The molecule has 0 fully saturated rings. The number of benzene rings is 1. The van der Waals surface area contributed by atoms with E-state index in [0.29, 0.717) is 5.56 Å². The van der Waals surface area contributed by atoms with E-state index in [1.165, 1.54) is 23.9 Å². The summed E-state index contributed by atoms with van der Waals surface area (Å²) in [4.78, 5) is 1.66. The number of hydrogen-bond donors (Lipinski definition) is 0. The van der Waals surface area contributed by atoms with Gasteiger partial charge < -0.3 is 4.42 Å². The van der Waals surface area contributed by atoms with Gasteiger partial charge in [-0.2, -0.15) is 5.26 Å². The van der Waals surface area contributed by atoms with Crippen LogP contribution in [0.1, 0.15) is 11.3 Å². The van der Waals surface area contributed by atoms with Crippen LogP contribution >= 0.6 is 11.8 Å². The lowest BCUT2D eigenvalue weighted by Gasteiger charge is -2.02. The van der Waals surface area contributed by atoms with Gasteiger partial charge in [0.1, 0.15) is 17.6 Å². The molecule has 0 bridgehead atoms. The van der Waals surface area contributed by atoms with Crippen LogP contribution in [0.4, 0.5) is 4.39 Å². The van der Waals surface area contributed by atoms with E-state index in [-0.39, 0.29) is 0 Å². The summed E-state index contributed by atoms with van der Waals surface area (Å²) in [5.74, 6) is 0.392. The standard InChI is InChI=1S/C12H8FNOS/c1-8-11(4-5-15-8)16-12-3-2-10(13)6-9(12)7-14/h2-6H,1H3. The van der Waals surface area contributed by atoms with Crippen molar-refractivity contribution in [3.05, 3.63) is 47.7 Å². The SMILES string of the molecule is Cc1occc1Sc1ccc(F)cc1C#N. The van der Waals surface area contributed by atoms with E-state index in [2.05, 4.69) is 0 Å². The molecule has 0 aliphatic carbocycles. The van der Waals surface area contributed by atoms with Gasteiger partial charge >= 0.3 is 0 Å². The molecule has 0 spiro atoms. The molecule has 2 rings (SSSR count). The lowest BCUT2D eigenvalue weighted by molar-refractivity contribution is 0.527. The minimum absolute atomic E-state index is 0.339. The Hall–Kier alpha value is -1.73. The van der Waals surface area contributed by atoms with Crippen molar-refractivity contribution in [1.29, 1.82) is 5.26 Å². The first-order valence-electron chi connectivity index (χ1n) is 4.62. The highest BCUT2D eigenvalue weighted by molar-refractivity contribution is 7.99. The van der Waals surface area contributed by atoms with Crippen molar-refractivity contribution in [3.63, 3.8) is 0 Å². The monoisotopic (exact) mass is 233 g/mol. The third-order valence-corrected chi connectivity index (χ3v) is 3.31. The molecule has 1 aromatic carbocycles. The van der Waals surface area contributed by atoms with E-state index in [0.717, 1.165) is 15.6 Å². The maximum Gasteiger partial charge on any atom is 0.124 e. The lowest BCUT2D eigenvalue weighted by Crippen LogP contribution is -1.83. The van der Waals surface area contributed by atoms with Crippen LogP contribution in [0.3, 0.4) is 0 Å². The average Bonchev–Trinajstić information content (AvgIpc) is 2.67. The molecular weight excluding hydrogens is 225 g/mol. The Morgan fingerprint density at radius 2 is 2.12 bits per heavy atom. The fourth-order valence-electron chi connectivity index (χ4n) is 1.28. The zero-order chi connectivity index (χ0) is 11.5. The number of nitrogens with zero attached hydrogens (tertiary/aromatic N) is 1. The molecule has 0 N–H and O–H groups in total. The second-order valence-corrected chi connectivity index (χ2v) is 4.28. The third-order valence-electron chi connectivity index (χ3n) is 2.09. The molecule has 1 heterocycles. The van der Waals surface area contributed by atoms with Gasteiger partial charge in [0.25, 0.3) is 0 Å². The normalized spacial score (nSPS) is 10.1. The molecule has 1 aromatic heterocycles. The molecule has 0 amide bonds. The molecular formula is C12H8FNOS. The summed E-state index contributed by atoms with van der Waals surface area (Å²) in [6.45, 7) is 1.85. The first-order valence-corrected chi connectivity index (χ1v) is 5.44. The molecule has 80 valence electrons. The molecule has 0 aliphatic rings. The smallest absolute Gasteiger partial charge is 0.124 e. The van der Waals surface area contributed by atoms with Crippen LogP contribution in [-0.4, -0.2) is 0 Å². The topological polar surface area (TPSA) is 36.9 Å². The largest absolute Gasteiger partial charge is 0.468 e. The highest BCUT2D eigenvalue weighted by Crippen LogP contribution is 2.33. The van der Waals surface area contributed by atoms with E-state index >= 15 is 0 Å². The summed E-state index contributed by atoms with van der Waals surface area (Å²) in [5, 5.41) is 8.89. The average molecular weight is 233 g/mol. The van der Waals surface area contributed by atoms with E-state index in [1.54, 1.807) is 12.3 Å². The third kappa shape index (κ3) is 2.10. The first kappa shape index (κ1) is 10.8. The van der Waals surface area contributed by atoms with Crippen molar-refractivity contribution >= 4 is 11.8 Å². The summed E-state index contributed by atoms with van der Waals surface area (Å²) in [6.07, 6.45) is 1.59. The molecule has 16 heavy (non-hydrogen) atoms. The predicted molar refractivity (Wildman–Crippen MR) is 58.7 cm³/mol. The van der Waals surface area contributed by atoms with Gasteiger partial charge in [0.15, 0.2) is 0 Å². The first-order chi connectivity index (χ1) is 7.70. The highest BCUT2D eigenvalue weighted by atomic mass is 32.2. The summed E-state index contributed by atoms with van der Waals surface area (Å²) in [7, 11) is 0. The van der Waals surface area contributed by atoms with E-state index in [4.69, 9.17) is 9.68 Å². The van der Waals surface area contributed by atoms with Gasteiger partial charge in [-0.05, 0) is 31.2 Å². The van der Waals surface area contributed by atoms with Crippen LogP contribution in [0.5, 0.6) is 0 Å². The van der Waals surface area contributed by atoms with Crippen molar-refractivity contribution in [3.8, 4) is 6.07 Å². The molecule has 4 heteroatoms. The number of rotatable bonds is 2.